The zero-order chi connectivity index (χ0) is 11.6. The fourth-order valence-electron chi connectivity index (χ4n) is 2.84. The molecule has 2 fully saturated rings. The van der Waals surface area contributed by atoms with E-state index in [2.05, 4.69) is 20.5 Å². The molecule has 1 unspecified atom stereocenters. The molecule has 1 atom stereocenters. The van der Waals surface area contributed by atoms with Crippen molar-refractivity contribution < 1.29 is 4.79 Å². The molecule has 2 aliphatic heterocycles. The van der Waals surface area contributed by atoms with Crippen LogP contribution in [0.3, 0.4) is 0 Å². The van der Waals surface area contributed by atoms with Crippen molar-refractivity contribution in [3.05, 3.63) is 0 Å². The quantitative estimate of drug-likeness (QED) is 0.442. The minimum atomic E-state index is 0.141. The summed E-state index contributed by atoms with van der Waals surface area (Å²) in [5, 5.41) is 6.06. The summed E-state index contributed by atoms with van der Waals surface area (Å²) in [4.78, 5) is 17.8. The Morgan fingerprint density at radius 3 is 3.00 bits per heavy atom. The highest BCUT2D eigenvalue weighted by Crippen LogP contribution is 2.35. The third-order valence-corrected chi connectivity index (χ3v) is 3.59. The van der Waals surface area contributed by atoms with Gasteiger partial charge in [0.15, 0.2) is 5.96 Å². The van der Waals surface area contributed by atoms with Crippen LogP contribution >= 0.6 is 0 Å². The van der Waals surface area contributed by atoms with Gasteiger partial charge in [0.1, 0.15) is 0 Å². The molecule has 1 amide bonds. The first-order valence-corrected chi connectivity index (χ1v) is 5.85. The van der Waals surface area contributed by atoms with Gasteiger partial charge in [-0.1, -0.05) is 0 Å². The average Bonchev–Trinajstić information content (AvgIpc) is 2.62. The van der Waals surface area contributed by atoms with Crippen LogP contribution < -0.4 is 10.6 Å². The van der Waals surface area contributed by atoms with Gasteiger partial charge in [0.05, 0.1) is 0 Å². The van der Waals surface area contributed by atoms with E-state index in [1.807, 2.05) is 7.05 Å². The van der Waals surface area contributed by atoms with Crippen LogP contribution in [0, 0.1) is 5.41 Å². The van der Waals surface area contributed by atoms with Crippen molar-refractivity contribution in [1.82, 2.24) is 15.5 Å². The number of likely N-dealkylation sites (tertiary alicyclic amines) is 1. The standard InChI is InChI=1S/C11H20N4O/c1-12-10(13-2)15-5-3-4-11(8-15)6-9(16)14-7-11/h3-8H2,1-2H3,(H,12,13)(H,14,16). The van der Waals surface area contributed by atoms with Crippen LogP contribution in [-0.2, 0) is 4.79 Å². The Balaban J connectivity index is 2.07. The number of nitrogens with zero attached hydrogens (tertiary/aromatic N) is 2. The number of hydrogen-bond donors (Lipinski definition) is 2. The molecule has 16 heavy (non-hydrogen) atoms. The van der Waals surface area contributed by atoms with Gasteiger partial charge >= 0.3 is 0 Å². The molecule has 2 saturated heterocycles. The highest BCUT2D eigenvalue weighted by atomic mass is 16.1. The molecule has 0 radical (unpaired) electrons. The molecule has 2 rings (SSSR count). The van der Waals surface area contributed by atoms with Gasteiger partial charge in [0.25, 0.3) is 0 Å². The van der Waals surface area contributed by atoms with Crippen LogP contribution in [0.2, 0.25) is 0 Å². The van der Waals surface area contributed by atoms with Gasteiger partial charge in [-0.15, -0.1) is 0 Å². The topological polar surface area (TPSA) is 56.7 Å². The van der Waals surface area contributed by atoms with Gasteiger partial charge in [0.2, 0.25) is 5.91 Å². The molecule has 1 spiro atoms. The van der Waals surface area contributed by atoms with Crippen molar-refractivity contribution in [3.8, 4) is 0 Å². The number of rotatable bonds is 0. The van der Waals surface area contributed by atoms with Crippen LogP contribution in [0.25, 0.3) is 0 Å². The molecule has 0 aromatic rings. The Morgan fingerprint density at radius 2 is 2.44 bits per heavy atom. The second-order valence-corrected chi connectivity index (χ2v) is 4.78. The molecule has 2 aliphatic rings. The Morgan fingerprint density at radius 1 is 1.62 bits per heavy atom. The Bertz CT molecular complexity index is 315. The van der Waals surface area contributed by atoms with Crippen molar-refractivity contribution in [1.29, 1.82) is 0 Å². The number of piperidine rings is 1. The van der Waals surface area contributed by atoms with E-state index in [1.54, 1.807) is 7.05 Å². The molecule has 90 valence electrons. The highest BCUT2D eigenvalue weighted by molar-refractivity contribution is 5.81. The average molecular weight is 224 g/mol. The number of guanidine groups is 1. The maximum atomic E-state index is 11.4. The van der Waals surface area contributed by atoms with E-state index in [9.17, 15) is 4.79 Å². The van der Waals surface area contributed by atoms with Crippen LogP contribution in [0.15, 0.2) is 4.99 Å². The van der Waals surface area contributed by atoms with E-state index >= 15 is 0 Å². The van der Waals surface area contributed by atoms with Gasteiger partial charge in [-0.25, -0.2) is 0 Å². The number of carbonyl (C=O) groups is 1. The zero-order valence-electron chi connectivity index (χ0n) is 10.0. The summed E-state index contributed by atoms with van der Waals surface area (Å²) in [6.45, 7) is 2.78. The predicted octanol–water partition coefficient (Wildman–Crippen LogP) is -0.206. The van der Waals surface area contributed by atoms with E-state index in [0.717, 1.165) is 38.4 Å². The van der Waals surface area contributed by atoms with Crippen LogP contribution in [0.4, 0.5) is 0 Å². The predicted molar refractivity (Wildman–Crippen MR) is 63.3 cm³/mol. The second-order valence-electron chi connectivity index (χ2n) is 4.78. The highest BCUT2D eigenvalue weighted by Gasteiger charge is 2.42. The number of hydrogen-bond acceptors (Lipinski definition) is 2. The van der Waals surface area contributed by atoms with Crippen molar-refractivity contribution in [3.63, 3.8) is 0 Å². The largest absolute Gasteiger partial charge is 0.359 e. The molecule has 0 aromatic heterocycles. The minimum absolute atomic E-state index is 0.141. The van der Waals surface area contributed by atoms with E-state index in [1.165, 1.54) is 0 Å². The van der Waals surface area contributed by atoms with E-state index < -0.39 is 0 Å². The molecule has 5 heteroatoms. The van der Waals surface area contributed by atoms with E-state index in [4.69, 9.17) is 0 Å². The van der Waals surface area contributed by atoms with Crippen molar-refractivity contribution in [2.45, 2.75) is 19.3 Å². The normalized spacial score (nSPS) is 30.8. The zero-order valence-corrected chi connectivity index (χ0v) is 10.0. The Kier molecular flexibility index (Phi) is 3.03. The summed E-state index contributed by atoms with van der Waals surface area (Å²) in [6.07, 6.45) is 2.95. The van der Waals surface area contributed by atoms with Crippen molar-refractivity contribution in [2.24, 2.45) is 10.4 Å². The van der Waals surface area contributed by atoms with Gasteiger partial charge in [0, 0.05) is 45.6 Å². The molecule has 0 aromatic carbocycles. The lowest BCUT2D eigenvalue weighted by Crippen LogP contribution is -2.50. The van der Waals surface area contributed by atoms with Gasteiger partial charge in [-0.3, -0.25) is 9.79 Å². The molecular formula is C11H20N4O. The third kappa shape index (κ3) is 1.99. The van der Waals surface area contributed by atoms with Gasteiger partial charge < -0.3 is 15.5 Å². The molecule has 0 aliphatic carbocycles. The number of carbonyl (C=O) groups excluding carboxylic acids is 1. The number of aliphatic imine (C=N–C) groups is 1. The van der Waals surface area contributed by atoms with Gasteiger partial charge in [-0.05, 0) is 12.8 Å². The summed E-state index contributed by atoms with van der Waals surface area (Å²) in [5.41, 5.74) is 0.141. The van der Waals surface area contributed by atoms with E-state index in [0.29, 0.717) is 6.42 Å². The molecule has 0 bridgehead atoms. The fourth-order valence-corrected chi connectivity index (χ4v) is 2.84. The van der Waals surface area contributed by atoms with Crippen molar-refractivity contribution in [2.75, 3.05) is 33.7 Å². The SMILES string of the molecule is CN=C(NC)N1CCCC2(CNC(=O)C2)C1. The Labute approximate surface area is 96.3 Å². The lowest BCUT2D eigenvalue weighted by atomic mass is 9.79. The molecular weight excluding hydrogens is 204 g/mol. The molecule has 0 saturated carbocycles. The monoisotopic (exact) mass is 224 g/mol. The molecule has 2 N–H and O–H groups in total. The Hall–Kier alpha value is -1.26. The summed E-state index contributed by atoms with van der Waals surface area (Å²) < 4.78 is 0. The van der Waals surface area contributed by atoms with Crippen LogP contribution in [0.1, 0.15) is 19.3 Å². The lowest BCUT2D eigenvalue weighted by Gasteiger charge is -2.40. The summed E-state index contributed by atoms with van der Waals surface area (Å²) in [7, 11) is 3.69. The van der Waals surface area contributed by atoms with Gasteiger partial charge in [-0.2, -0.15) is 0 Å². The first-order valence-electron chi connectivity index (χ1n) is 5.85. The smallest absolute Gasteiger partial charge is 0.220 e. The van der Waals surface area contributed by atoms with E-state index in [-0.39, 0.29) is 11.3 Å². The number of nitrogens with one attached hydrogen (secondary N) is 2. The summed E-state index contributed by atoms with van der Waals surface area (Å²) in [6, 6.07) is 0. The molecule has 5 nitrogen and oxygen atoms in total. The van der Waals surface area contributed by atoms with Crippen LogP contribution in [-0.4, -0.2) is 50.5 Å². The summed E-state index contributed by atoms with van der Waals surface area (Å²) >= 11 is 0. The fraction of sp³-hybridized carbons (Fsp3) is 0.818. The maximum Gasteiger partial charge on any atom is 0.220 e. The van der Waals surface area contributed by atoms with Crippen LogP contribution in [0.5, 0.6) is 0 Å². The second kappa shape index (κ2) is 4.31. The number of amides is 1. The first kappa shape index (κ1) is 11.2. The van der Waals surface area contributed by atoms with Crippen molar-refractivity contribution >= 4 is 11.9 Å². The maximum absolute atomic E-state index is 11.4. The first-order chi connectivity index (χ1) is 7.69. The third-order valence-electron chi connectivity index (χ3n) is 3.59. The summed E-state index contributed by atoms with van der Waals surface area (Å²) in [5.74, 6) is 1.12. The minimum Gasteiger partial charge on any atom is -0.359 e. The lowest BCUT2D eigenvalue weighted by molar-refractivity contribution is -0.119. The molecule has 2 heterocycles.